The van der Waals surface area contributed by atoms with Crippen molar-refractivity contribution in [1.29, 1.82) is 5.26 Å². The van der Waals surface area contributed by atoms with Crippen molar-refractivity contribution in [2.75, 3.05) is 7.11 Å². The van der Waals surface area contributed by atoms with Crippen LogP contribution in [0.4, 0.5) is 0 Å². The minimum Gasteiger partial charge on any atom is -0.496 e. The molecule has 0 radical (unpaired) electrons. The predicted molar refractivity (Wildman–Crippen MR) is 81.0 cm³/mol. The predicted octanol–water partition coefficient (Wildman–Crippen LogP) is 4.16. The zero-order valence-electron chi connectivity index (χ0n) is 12.2. The summed E-state index contributed by atoms with van der Waals surface area (Å²) in [5.74, 6) is 0.594. The summed E-state index contributed by atoms with van der Waals surface area (Å²) in [6.07, 6.45) is 0.713. The molecule has 0 aliphatic heterocycles. The van der Waals surface area contributed by atoms with Crippen molar-refractivity contribution in [3.8, 4) is 11.8 Å². The van der Waals surface area contributed by atoms with E-state index in [-0.39, 0.29) is 5.92 Å². The van der Waals surface area contributed by atoms with Gasteiger partial charge in [-0.1, -0.05) is 42.0 Å². The quantitative estimate of drug-likeness (QED) is 0.831. The largest absolute Gasteiger partial charge is 0.496 e. The summed E-state index contributed by atoms with van der Waals surface area (Å²) in [4.78, 5) is 0. The number of para-hydroxylation sites is 1. The molecule has 0 saturated carbocycles. The smallest absolute Gasteiger partial charge is 0.123 e. The van der Waals surface area contributed by atoms with Crippen LogP contribution in [0.15, 0.2) is 42.5 Å². The molecule has 2 heteroatoms. The molecular formula is C18H19NO. The zero-order chi connectivity index (χ0) is 14.5. The molecule has 1 atom stereocenters. The Hall–Kier alpha value is -2.27. The summed E-state index contributed by atoms with van der Waals surface area (Å²) in [6.45, 7) is 4.17. The Morgan fingerprint density at radius 3 is 2.60 bits per heavy atom. The van der Waals surface area contributed by atoms with Crippen molar-refractivity contribution < 1.29 is 4.74 Å². The van der Waals surface area contributed by atoms with Gasteiger partial charge in [-0.25, -0.2) is 0 Å². The zero-order valence-corrected chi connectivity index (χ0v) is 12.2. The van der Waals surface area contributed by atoms with Crippen molar-refractivity contribution in [2.45, 2.75) is 26.2 Å². The molecule has 0 saturated heterocycles. The van der Waals surface area contributed by atoms with Crippen LogP contribution in [0.3, 0.4) is 0 Å². The van der Waals surface area contributed by atoms with E-state index in [1.54, 1.807) is 7.11 Å². The maximum atomic E-state index is 9.52. The van der Waals surface area contributed by atoms with E-state index in [2.05, 4.69) is 38.1 Å². The second-order valence-corrected chi connectivity index (χ2v) is 5.06. The van der Waals surface area contributed by atoms with Crippen LogP contribution in [-0.2, 0) is 6.42 Å². The van der Waals surface area contributed by atoms with Crippen LogP contribution in [0.25, 0.3) is 0 Å². The van der Waals surface area contributed by atoms with Gasteiger partial charge in [0.25, 0.3) is 0 Å². The first-order chi connectivity index (χ1) is 9.65. The summed E-state index contributed by atoms with van der Waals surface area (Å²) < 4.78 is 5.37. The Morgan fingerprint density at radius 1 is 1.15 bits per heavy atom. The highest BCUT2D eigenvalue weighted by molar-refractivity contribution is 5.41. The topological polar surface area (TPSA) is 33.0 Å². The van der Waals surface area contributed by atoms with E-state index >= 15 is 0 Å². The van der Waals surface area contributed by atoms with E-state index in [4.69, 9.17) is 4.74 Å². The lowest BCUT2D eigenvalue weighted by Crippen LogP contribution is -2.04. The molecule has 2 rings (SSSR count). The van der Waals surface area contributed by atoms with Crippen LogP contribution in [-0.4, -0.2) is 7.11 Å². The van der Waals surface area contributed by atoms with Gasteiger partial charge in [0.2, 0.25) is 0 Å². The van der Waals surface area contributed by atoms with E-state index in [0.29, 0.717) is 6.42 Å². The van der Waals surface area contributed by atoms with E-state index in [0.717, 1.165) is 11.3 Å². The Kier molecular flexibility index (Phi) is 4.42. The molecule has 2 aromatic rings. The molecule has 2 nitrogen and oxygen atoms in total. The van der Waals surface area contributed by atoms with Gasteiger partial charge in [0.05, 0.1) is 19.1 Å². The monoisotopic (exact) mass is 265 g/mol. The molecule has 2 aromatic carbocycles. The van der Waals surface area contributed by atoms with Gasteiger partial charge in [0.1, 0.15) is 5.75 Å². The summed E-state index contributed by atoms with van der Waals surface area (Å²) in [6, 6.07) is 16.5. The van der Waals surface area contributed by atoms with E-state index < -0.39 is 0 Å². The van der Waals surface area contributed by atoms with Crippen molar-refractivity contribution in [3.05, 3.63) is 64.7 Å². The lowest BCUT2D eigenvalue weighted by Gasteiger charge is -2.15. The molecule has 0 fully saturated rings. The van der Waals surface area contributed by atoms with Crippen LogP contribution in [0.2, 0.25) is 0 Å². The normalized spacial score (nSPS) is 11.7. The molecule has 0 aromatic heterocycles. The van der Waals surface area contributed by atoms with E-state index in [1.807, 2.05) is 24.3 Å². The van der Waals surface area contributed by atoms with Gasteiger partial charge in [0.15, 0.2) is 0 Å². The fourth-order valence-corrected chi connectivity index (χ4v) is 2.42. The first-order valence-electron chi connectivity index (χ1n) is 6.74. The lowest BCUT2D eigenvalue weighted by molar-refractivity contribution is 0.408. The molecule has 0 amide bonds. The molecular weight excluding hydrogens is 246 g/mol. The van der Waals surface area contributed by atoms with Crippen LogP contribution < -0.4 is 4.74 Å². The number of aryl methyl sites for hydroxylation is 2. The highest BCUT2D eigenvalue weighted by Gasteiger charge is 2.16. The SMILES string of the molecule is COc1ccccc1C(C#N)Cc1cc(C)ccc1C. The molecule has 0 bridgehead atoms. The Labute approximate surface area is 120 Å². The first-order valence-corrected chi connectivity index (χ1v) is 6.74. The van der Waals surface area contributed by atoms with E-state index in [9.17, 15) is 5.26 Å². The average molecular weight is 265 g/mol. The number of rotatable bonds is 4. The van der Waals surface area contributed by atoms with Crippen LogP contribution >= 0.6 is 0 Å². The fraction of sp³-hybridized carbons (Fsp3) is 0.278. The molecule has 20 heavy (non-hydrogen) atoms. The molecule has 0 aliphatic carbocycles. The van der Waals surface area contributed by atoms with Gasteiger partial charge in [-0.05, 0) is 37.5 Å². The van der Waals surface area contributed by atoms with Gasteiger partial charge in [-0.15, -0.1) is 0 Å². The number of hydrogen-bond donors (Lipinski definition) is 0. The first kappa shape index (κ1) is 14.1. The third-order valence-electron chi connectivity index (χ3n) is 3.60. The summed E-state index contributed by atoms with van der Waals surface area (Å²) in [7, 11) is 1.64. The third-order valence-corrected chi connectivity index (χ3v) is 3.60. The minimum atomic E-state index is -0.188. The highest BCUT2D eigenvalue weighted by Crippen LogP contribution is 2.29. The van der Waals surface area contributed by atoms with Crippen molar-refractivity contribution in [2.24, 2.45) is 0 Å². The van der Waals surface area contributed by atoms with Crippen LogP contribution in [0.5, 0.6) is 5.75 Å². The Morgan fingerprint density at radius 2 is 1.90 bits per heavy atom. The van der Waals surface area contributed by atoms with Crippen LogP contribution in [0.1, 0.15) is 28.2 Å². The Bertz CT molecular complexity index is 640. The van der Waals surface area contributed by atoms with Gasteiger partial charge >= 0.3 is 0 Å². The maximum absolute atomic E-state index is 9.52. The number of nitrogens with zero attached hydrogens (tertiary/aromatic N) is 1. The summed E-state index contributed by atoms with van der Waals surface area (Å²) >= 11 is 0. The van der Waals surface area contributed by atoms with E-state index in [1.165, 1.54) is 16.7 Å². The molecule has 0 heterocycles. The summed E-state index contributed by atoms with van der Waals surface area (Å²) in [5, 5.41) is 9.52. The van der Waals surface area contributed by atoms with Crippen molar-refractivity contribution in [3.63, 3.8) is 0 Å². The van der Waals surface area contributed by atoms with Gasteiger partial charge < -0.3 is 4.74 Å². The second kappa shape index (κ2) is 6.25. The molecule has 0 spiro atoms. The lowest BCUT2D eigenvalue weighted by atomic mass is 9.90. The highest BCUT2D eigenvalue weighted by atomic mass is 16.5. The molecule has 0 N–H and O–H groups in total. The summed E-state index contributed by atoms with van der Waals surface area (Å²) in [5.41, 5.74) is 4.63. The number of ether oxygens (including phenoxy) is 1. The maximum Gasteiger partial charge on any atom is 0.123 e. The Balaban J connectivity index is 2.34. The number of methoxy groups -OCH3 is 1. The number of hydrogen-bond acceptors (Lipinski definition) is 2. The fourth-order valence-electron chi connectivity index (χ4n) is 2.42. The number of nitriles is 1. The minimum absolute atomic E-state index is 0.188. The average Bonchev–Trinajstić information content (AvgIpc) is 2.48. The van der Waals surface area contributed by atoms with Crippen LogP contribution in [0, 0.1) is 25.2 Å². The van der Waals surface area contributed by atoms with Gasteiger partial charge in [0, 0.05) is 5.56 Å². The van der Waals surface area contributed by atoms with Gasteiger partial charge in [-0.2, -0.15) is 5.26 Å². The molecule has 1 unspecified atom stereocenters. The standard InChI is InChI=1S/C18H19NO/c1-13-8-9-14(2)15(10-13)11-16(12-19)17-6-4-5-7-18(17)20-3/h4-10,16H,11H2,1-3H3. The van der Waals surface area contributed by atoms with Crippen molar-refractivity contribution in [1.82, 2.24) is 0 Å². The number of benzene rings is 2. The third kappa shape index (κ3) is 3.00. The second-order valence-electron chi connectivity index (χ2n) is 5.06. The molecule has 102 valence electrons. The van der Waals surface area contributed by atoms with Gasteiger partial charge in [-0.3, -0.25) is 0 Å². The van der Waals surface area contributed by atoms with Crippen molar-refractivity contribution >= 4 is 0 Å². The molecule has 0 aliphatic rings.